The van der Waals surface area contributed by atoms with Gasteiger partial charge in [-0.1, -0.05) is 12.1 Å². The van der Waals surface area contributed by atoms with E-state index in [9.17, 15) is 9.90 Å². The molecule has 4 heteroatoms. The highest BCUT2D eigenvalue weighted by Gasteiger charge is 2.14. The van der Waals surface area contributed by atoms with Crippen LogP contribution in [0.25, 0.3) is 0 Å². The second-order valence-electron chi connectivity index (χ2n) is 4.26. The first kappa shape index (κ1) is 13.9. The Hall–Kier alpha value is -2.49. The average Bonchev–Trinajstić information content (AvgIpc) is 2.43. The van der Waals surface area contributed by atoms with E-state index in [0.29, 0.717) is 18.1 Å². The molecule has 1 N–H and O–H groups in total. The molecular weight excluding hydrogens is 256 g/mol. The lowest BCUT2D eigenvalue weighted by atomic mass is 10.1. The molecule has 0 aromatic heterocycles. The van der Waals surface area contributed by atoms with Crippen molar-refractivity contribution in [2.24, 2.45) is 0 Å². The minimum atomic E-state index is -1.00. The predicted octanol–water partition coefficient (Wildman–Crippen LogP) is 3.88. The van der Waals surface area contributed by atoms with Gasteiger partial charge < -0.3 is 14.6 Å². The quantitative estimate of drug-likeness (QED) is 0.897. The molecule has 2 aromatic rings. The van der Waals surface area contributed by atoms with Crippen molar-refractivity contribution in [1.82, 2.24) is 0 Å². The SMILES string of the molecule is CCOc1ccc(Oc2c(C)cccc2C(=O)O)cc1. The summed E-state index contributed by atoms with van der Waals surface area (Å²) in [5.41, 5.74) is 0.928. The summed E-state index contributed by atoms with van der Waals surface area (Å²) in [6, 6.07) is 12.1. The Bertz CT molecular complexity index is 602. The van der Waals surface area contributed by atoms with Gasteiger partial charge in [-0.3, -0.25) is 0 Å². The van der Waals surface area contributed by atoms with E-state index in [0.717, 1.165) is 11.3 Å². The molecular formula is C16H16O4. The van der Waals surface area contributed by atoms with Gasteiger partial charge in [0.2, 0.25) is 0 Å². The summed E-state index contributed by atoms with van der Waals surface area (Å²) < 4.78 is 11.0. The maximum atomic E-state index is 11.2. The second kappa shape index (κ2) is 6.10. The van der Waals surface area contributed by atoms with Crippen LogP contribution in [-0.2, 0) is 0 Å². The summed E-state index contributed by atoms with van der Waals surface area (Å²) in [6.45, 7) is 4.33. The topological polar surface area (TPSA) is 55.8 Å². The molecule has 0 unspecified atom stereocenters. The molecule has 0 aliphatic heterocycles. The lowest BCUT2D eigenvalue weighted by Gasteiger charge is -2.12. The predicted molar refractivity (Wildman–Crippen MR) is 75.8 cm³/mol. The third-order valence-corrected chi connectivity index (χ3v) is 2.80. The summed E-state index contributed by atoms with van der Waals surface area (Å²) in [5.74, 6) is 0.687. The summed E-state index contributed by atoms with van der Waals surface area (Å²) in [7, 11) is 0. The first-order chi connectivity index (χ1) is 9.61. The molecule has 0 bridgehead atoms. The van der Waals surface area contributed by atoms with Gasteiger partial charge in [-0.15, -0.1) is 0 Å². The lowest BCUT2D eigenvalue weighted by Crippen LogP contribution is -2.01. The van der Waals surface area contributed by atoms with Gasteiger partial charge in [0, 0.05) is 0 Å². The van der Waals surface area contributed by atoms with E-state index in [-0.39, 0.29) is 5.56 Å². The Kier molecular flexibility index (Phi) is 4.25. The third-order valence-electron chi connectivity index (χ3n) is 2.80. The maximum Gasteiger partial charge on any atom is 0.339 e. The smallest absolute Gasteiger partial charge is 0.339 e. The standard InChI is InChI=1S/C16H16O4/c1-3-19-12-7-9-13(10-8-12)20-15-11(2)5-4-6-14(15)16(17)18/h4-10H,3H2,1-2H3,(H,17,18). The number of carbonyl (C=O) groups is 1. The minimum absolute atomic E-state index is 0.152. The van der Waals surface area contributed by atoms with Crippen LogP contribution in [0.3, 0.4) is 0 Å². The fourth-order valence-corrected chi connectivity index (χ4v) is 1.84. The number of hydrogen-bond donors (Lipinski definition) is 1. The Morgan fingerprint density at radius 2 is 1.75 bits per heavy atom. The van der Waals surface area contributed by atoms with E-state index in [4.69, 9.17) is 9.47 Å². The summed E-state index contributed by atoms with van der Waals surface area (Å²) >= 11 is 0. The van der Waals surface area contributed by atoms with Gasteiger partial charge in [-0.05, 0) is 49.7 Å². The minimum Gasteiger partial charge on any atom is -0.494 e. The number of ether oxygens (including phenoxy) is 2. The van der Waals surface area contributed by atoms with Crippen LogP contribution in [0.4, 0.5) is 0 Å². The van der Waals surface area contributed by atoms with Crippen LogP contribution in [0, 0.1) is 6.92 Å². The highest BCUT2D eigenvalue weighted by Crippen LogP contribution is 2.30. The molecule has 0 heterocycles. The average molecular weight is 272 g/mol. The van der Waals surface area contributed by atoms with Crippen LogP contribution >= 0.6 is 0 Å². The van der Waals surface area contributed by atoms with Gasteiger partial charge in [0.1, 0.15) is 22.8 Å². The second-order valence-corrected chi connectivity index (χ2v) is 4.26. The number of para-hydroxylation sites is 1. The molecule has 104 valence electrons. The molecule has 2 aromatic carbocycles. The summed E-state index contributed by atoms with van der Waals surface area (Å²) in [6.07, 6.45) is 0. The van der Waals surface area contributed by atoms with E-state index in [1.807, 2.05) is 19.9 Å². The van der Waals surface area contributed by atoms with Gasteiger partial charge in [0.15, 0.2) is 0 Å². The van der Waals surface area contributed by atoms with Gasteiger partial charge in [0.25, 0.3) is 0 Å². The molecule has 0 atom stereocenters. The van der Waals surface area contributed by atoms with Gasteiger partial charge in [0.05, 0.1) is 6.61 Å². The Labute approximate surface area is 117 Å². The molecule has 0 fully saturated rings. The van der Waals surface area contributed by atoms with Gasteiger partial charge in [-0.25, -0.2) is 4.79 Å². The van der Waals surface area contributed by atoms with E-state index >= 15 is 0 Å². The summed E-state index contributed by atoms with van der Waals surface area (Å²) in [4.78, 5) is 11.2. The zero-order chi connectivity index (χ0) is 14.5. The molecule has 20 heavy (non-hydrogen) atoms. The number of benzene rings is 2. The molecule has 0 spiro atoms. The van der Waals surface area contributed by atoms with E-state index in [2.05, 4.69) is 0 Å². The first-order valence-corrected chi connectivity index (χ1v) is 6.35. The Morgan fingerprint density at radius 3 is 2.35 bits per heavy atom. The zero-order valence-corrected chi connectivity index (χ0v) is 11.4. The fourth-order valence-electron chi connectivity index (χ4n) is 1.84. The highest BCUT2D eigenvalue weighted by molar-refractivity contribution is 5.91. The molecule has 0 radical (unpaired) electrons. The number of hydrogen-bond acceptors (Lipinski definition) is 3. The van der Waals surface area contributed by atoms with Crippen molar-refractivity contribution in [3.63, 3.8) is 0 Å². The van der Waals surface area contributed by atoms with Crippen LogP contribution in [0.1, 0.15) is 22.8 Å². The monoisotopic (exact) mass is 272 g/mol. The van der Waals surface area contributed by atoms with E-state index < -0.39 is 5.97 Å². The first-order valence-electron chi connectivity index (χ1n) is 6.35. The summed E-state index contributed by atoms with van der Waals surface area (Å²) in [5, 5.41) is 9.18. The Morgan fingerprint density at radius 1 is 1.10 bits per heavy atom. The molecule has 0 aliphatic carbocycles. The van der Waals surface area contributed by atoms with Crippen molar-refractivity contribution in [1.29, 1.82) is 0 Å². The number of carboxylic acid groups (broad SMARTS) is 1. The number of carboxylic acids is 1. The van der Waals surface area contributed by atoms with Crippen molar-refractivity contribution in [2.45, 2.75) is 13.8 Å². The van der Waals surface area contributed by atoms with Gasteiger partial charge in [-0.2, -0.15) is 0 Å². The lowest BCUT2D eigenvalue weighted by molar-refractivity contribution is 0.0694. The van der Waals surface area contributed by atoms with E-state index in [1.54, 1.807) is 30.3 Å². The third kappa shape index (κ3) is 3.09. The number of aryl methyl sites for hydroxylation is 1. The maximum absolute atomic E-state index is 11.2. The molecule has 4 nitrogen and oxygen atoms in total. The fraction of sp³-hybridized carbons (Fsp3) is 0.188. The molecule has 2 rings (SSSR count). The van der Waals surface area contributed by atoms with Crippen LogP contribution in [0.2, 0.25) is 0 Å². The normalized spacial score (nSPS) is 10.1. The van der Waals surface area contributed by atoms with Crippen LogP contribution in [0.15, 0.2) is 42.5 Å². The van der Waals surface area contributed by atoms with Crippen molar-refractivity contribution in [3.8, 4) is 17.2 Å². The number of rotatable bonds is 5. The van der Waals surface area contributed by atoms with Crippen LogP contribution < -0.4 is 9.47 Å². The largest absolute Gasteiger partial charge is 0.494 e. The molecule has 0 aliphatic rings. The molecule has 0 saturated heterocycles. The van der Waals surface area contributed by atoms with Crippen molar-refractivity contribution in [3.05, 3.63) is 53.6 Å². The highest BCUT2D eigenvalue weighted by atomic mass is 16.5. The van der Waals surface area contributed by atoms with Crippen molar-refractivity contribution < 1.29 is 19.4 Å². The van der Waals surface area contributed by atoms with Crippen molar-refractivity contribution in [2.75, 3.05) is 6.61 Å². The van der Waals surface area contributed by atoms with Crippen LogP contribution in [0.5, 0.6) is 17.2 Å². The van der Waals surface area contributed by atoms with Crippen LogP contribution in [-0.4, -0.2) is 17.7 Å². The van der Waals surface area contributed by atoms with Gasteiger partial charge >= 0.3 is 5.97 Å². The van der Waals surface area contributed by atoms with Crippen molar-refractivity contribution >= 4 is 5.97 Å². The number of aromatic carboxylic acids is 1. The zero-order valence-electron chi connectivity index (χ0n) is 11.4. The Balaban J connectivity index is 2.27. The molecule has 0 saturated carbocycles. The molecule has 0 amide bonds. The van der Waals surface area contributed by atoms with E-state index in [1.165, 1.54) is 6.07 Å².